The normalized spacial score (nSPS) is 13.1. The van der Waals surface area contributed by atoms with E-state index < -0.39 is 0 Å². The number of aliphatic hydroxyl groups is 1. The maximum absolute atomic E-state index is 8.97. The molecule has 1 N–H and O–H groups in total. The molecule has 80 valence electrons. The van der Waals surface area contributed by atoms with Crippen molar-refractivity contribution in [2.45, 2.75) is 13.8 Å². The highest BCUT2D eigenvalue weighted by molar-refractivity contribution is 6.30. The molecule has 0 amide bonds. The molecule has 15 heavy (non-hydrogen) atoms. The number of hydrogen-bond donors (Lipinski definition) is 1. The first-order valence-electron chi connectivity index (χ1n) is 4.74. The fourth-order valence-corrected chi connectivity index (χ4v) is 1.29. The lowest BCUT2D eigenvalue weighted by Gasteiger charge is -2.02. The van der Waals surface area contributed by atoms with E-state index in [0.717, 1.165) is 11.3 Å². The van der Waals surface area contributed by atoms with Crippen molar-refractivity contribution in [3.05, 3.63) is 46.6 Å². The number of aliphatic imine (C=N–C) groups is 1. The Morgan fingerprint density at radius 3 is 2.47 bits per heavy atom. The van der Waals surface area contributed by atoms with Crippen LogP contribution in [0.2, 0.25) is 5.02 Å². The van der Waals surface area contributed by atoms with E-state index in [1.165, 1.54) is 0 Å². The van der Waals surface area contributed by atoms with E-state index in [2.05, 4.69) is 4.99 Å². The van der Waals surface area contributed by atoms with E-state index in [1.807, 2.05) is 38.1 Å². The van der Waals surface area contributed by atoms with Gasteiger partial charge in [-0.3, -0.25) is 4.99 Å². The Morgan fingerprint density at radius 1 is 1.40 bits per heavy atom. The molecule has 0 saturated carbocycles. The third-order valence-electron chi connectivity index (χ3n) is 2.07. The van der Waals surface area contributed by atoms with Crippen LogP contribution in [0.15, 0.2) is 41.0 Å². The minimum Gasteiger partial charge on any atom is -0.390 e. The molecule has 0 atom stereocenters. The summed E-state index contributed by atoms with van der Waals surface area (Å²) in [5.74, 6) is 0. The van der Waals surface area contributed by atoms with Crippen LogP contribution in [0.25, 0.3) is 0 Å². The molecule has 0 aliphatic carbocycles. The highest BCUT2D eigenvalue weighted by Gasteiger charge is 1.98. The van der Waals surface area contributed by atoms with E-state index in [9.17, 15) is 0 Å². The Hall–Kier alpha value is -1.12. The highest BCUT2D eigenvalue weighted by atomic mass is 35.5. The van der Waals surface area contributed by atoms with Crippen molar-refractivity contribution < 1.29 is 5.11 Å². The summed E-state index contributed by atoms with van der Waals surface area (Å²) in [6.45, 7) is 3.72. The zero-order chi connectivity index (χ0) is 11.3. The van der Waals surface area contributed by atoms with Gasteiger partial charge in [0.2, 0.25) is 0 Å². The fraction of sp³-hybridized carbons (Fsp3) is 0.250. The molecule has 0 heterocycles. The summed E-state index contributed by atoms with van der Waals surface area (Å²) < 4.78 is 0. The second-order valence-corrected chi connectivity index (χ2v) is 3.58. The lowest BCUT2D eigenvalue weighted by molar-refractivity contribution is 0.330. The van der Waals surface area contributed by atoms with Gasteiger partial charge in [-0.2, -0.15) is 0 Å². The summed E-state index contributed by atoms with van der Waals surface area (Å²) >= 11 is 5.79. The molecule has 0 unspecified atom stereocenters. The van der Waals surface area contributed by atoms with Crippen LogP contribution in [-0.4, -0.2) is 17.4 Å². The third kappa shape index (κ3) is 3.50. The van der Waals surface area contributed by atoms with Crippen molar-refractivity contribution in [3.8, 4) is 0 Å². The predicted octanol–water partition coefficient (Wildman–Crippen LogP) is 3.05. The van der Waals surface area contributed by atoms with Gasteiger partial charge in [-0.25, -0.2) is 0 Å². The van der Waals surface area contributed by atoms with Crippen LogP contribution in [0.1, 0.15) is 19.4 Å². The summed E-state index contributed by atoms with van der Waals surface area (Å²) in [7, 11) is 0. The molecular weight excluding hydrogens is 210 g/mol. The lowest BCUT2D eigenvalue weighted by Crippen LogP contribution is -1.97. The lowest BCUT2D eigenvalue weighted by atomic mass is 10.1. The molecule has 0 aliphatic heterocycles. The largest absolute Gasteiger partial charge is 0.390 e. The van der Waals surface area contributed by atoms with Crippen LogP contribution in [-0.2, 0) is 0 Å². The summed E-state index contributed by atoms with van der Waals surface area (Å²) in [4.78, 5) is 4.30. The van der Waals surface area contributed by atoms with E-state index in [1.54, 1.807) is 6.08 Å². The Kier molecular flexibility index (Phi) is 4.53. The number of rotatable bonds is 3. The van der Waals surface area contributed by atoms with Crippen LogP contribution in [0.4, 0.5) is 0 Å². The quantitative estimate of drug-likeness (QED) is 0.785. The van der Waals surface area contributed by atoms with Crippen LogP contribution >= 0.6 is 11.6 Å². The van der Waals surface area contributed by atoms with Crippen LogP contribution < -0.4 is 0 Å². The maximum atomic E-state index is 8.97. The first-order valence-corrected chi connectivity index (χ1v) is 5.12. The van der Waals surface area contributed by atoms with Crippen molar-refractivity contribution in [2.24, 2.45) is 4.99 Å². The van der Waals surface area contributed by atoms with Crippen LogP contribution in [0.5, 0.6) is 0 Å². The fourth-order valence-electron chi connectivity index (χ4n) is 1.16. The molecule has 0 spiro atoms. The smallest absolute Gasteiger partial charge is 0.0849 e. The number of halogens is 1. The summed E-state index contributed by atoms with van der Waals surface area (Å²) in [6, 6.07) is 7.46. The Bertz CT molecular complexity index is 379. The molecule has 0 fully saturated rings. The van der Waals surface area contributed by atoms with Gasteiger partial charge >= 0.3 is 0 Å². The van der Waals surface area contributed by atoms with Crippen molar-refractivity contribution in [3.63, 3.8) is 0 Å². The average molecular weight is 224 g/mol. The van der Waals surface area contributed by atoms with Gasteiger partial charge in [0.05, 0.1) is 12.3 Å². The molecule has 2 nitrogen and oxygen atoms in total. The Morgan fingerprint density at radius 2 is 2.00 bits per heavy atom. The number of benzene rings is 1. The minimum atomic E-state index is -0.0402. The summed E-state index contributed by atoms with van der Waals surface area (Å²) in [5.41, 5.74) is 2.54. The molecule has 3 heteroatoms. The van der Waals surface area contributed by atoms with Crippen molar-refractivity contribution in [1.29, 1.82) is 0 Å². The summed E-state index contributed by atoms with van der Waals surface area (Å²) in [5, 5.41) is 9.68. The number of nitrogens with zero attached hydrogens (tertiary/aromatic N) is 1. The van der Waals surface area contributed by atoms with Crippen molar-refractivity contribution in [2.75, 3.05) is 6.61 Å². The SMILES string of the molecule is C/C=C(/CO)N=C(C)c1ccc(Cl)cc1. The first kappa shape index (κ1) is 12.0. The summed E-state index contributed by atoms with van der Waals surface area (Å²) in [6.07, 6.45) is 1.79. The molecule has 0 aliphatic rings. The average Bonchev–Trinajstić information content (AvgIpc) is 2.26. The highest BCUT2D eigenvalue weighted by Crippen LogP contribution is 2.11. The molecule has 0 saturated heterocycles. The second kappa shape index (κ2) is 5.69. The predicted molar refractivity (Wildman–Crippen MR) is 64.5 cm³/mol. The minimum absolute atomic E-state index is 0.0402. The van der Waals surface area contributed by atoms with Gasteiger partial charge in [-0.05, 0) is 31.5 Å². The van der Waals surface area contributed by atoms with E-state index in [0.29, 0.717) is 10.7 Å². The standard InChI is InChI=1S/C12H14ClNO/c1-3-12(8-15)14-9(2)10-4-6-11(13)7-5-10/h3-7,15H,8H2,1-2H3/b12-3-,14-9?. The monoisotopic (exact) mass is 223 g/mol. The van der Waals surface area contributed by atoms with Crippen molar-refractivity contribution in [1.82, 2.24) is 0 Å². The molecule has 1 aromatic carbocycles. The van der Waals surface area contributed by atoms with Gasteiger partial charge in [-0.15, -0.1) is 0 Å². The van der Waals surface area contributed by atoms with Gasteiger partial charge in [0.1, 0.15) is 0 Å². The van der Waals surface area contributed by atoms with Gasteiger partial charge < -0.3 is 5.11 Å². The van der Waals surface area contributed by atoms with E-state index >= 15 is 0 Å². The maximum Gasteiger partial charge on any atom is 0.0849 e. The molecule has 1 aromatic rings. The van der Waals surface area contributed by atoms with E-state index in [4.69, 9.17) is 16.7 Å². The zero-order valence-corrected chi connectivity index (χ0v) is 9.62. The third-order valence-corrected chi connectivity index (χ3v) is 2.32. The first-order chi connectivity index (χ1) is 7.17. The zero-order valence-electron chi connectivity index (χ0n) is 8.87. The van der Waals surface area contributed by atoms with Gasteiger partial charge in [-0.1, -0.05) is 29.8 Å². The molecule has 1 rings (SSSR count). The van der Waals surface area contributed by atoms with Gasteiger partial charge in [0.25, 0.3) is 0 Å². The topological polar surface area (TPSA) is 32.6 Å². The molecule has 0 bridgehead atoms. The Balaban J connectivity index is 2.93. The van der Waals surface area contributed by atoms with Crippen LogP contribution in [0, 0.1) is 0 Å². The number of aliphatic hydroxyl groups excluding tert-OH is 1. The number of allylic oxidation sites excluding steroid dienone is 1. The van der Waals surface area contributed by atoms with Gasteiger partial charge in [0.15, 0.2) is 0 Å². The number of hydrogen-bond acceptors (Lipinski definition) is 2. The molecular formula is C12H14ClNO. The van der Waals surface area contributed by atoms with Crippen molar-refractivity contribution >= 4 is 17.3 Å². The Labute approximate surface area is 94.9 Å². The second-order valence-electron chi connectivity index (χ2n) is 3.14. The van der Waals surface area contributed by atoms with E-state index in [-0.39, 0.29) is 6.61 Å². The van der Waals surface area contributed by atoms with Crippen LogP contribution in [0.3, 0.4) is 0 Å². The molecule has 0 radical (unpaired) electrons. The molecule has 0 aromatic heterocycles. The van der Waals surface area contributed by atoms with Gasteiger partial charge in [0, 0.05) is 10.7 Å².